The summed E-state index contributed by atoms with van der Waals surface area (Å²) >= 11 is 0. The minimum Gasteiger partial charge on any atom is -0.439 e. The van der Waals surface area contributed by atoms with Gasteiger partial charge >= 0.3 is 0 Å². The van der Waals surface area contributed by atoms with Gasteiger partial charge in [0.25, 0.3) is 5.91 Å². The van der Waals surface area contributed by atoms with Crippen LogP contribution in [-0.4, -0.2) is 25.7 Å². The maximum Gasteiger partial charge on any atom is 0.255 e. The van der Waals surface area contributed by atoms with E-state index in [2.05, 4.69) is 20.4 Å². The molecule has 4 aromatic rings. The van der Waals surface area contributed by atoms with Crippen LogP contribution in [0.1, 0.15) is 27.3 Å². The zero-order valence-electron chi connectivity index (χ0n) is 17.0. The SMILES string of the molecule is Cc1nc(Oc2ccc(NC(=O)c3ccc(C)c(C)c3)cc2)cc(-n2cccn2)n1. The molecule has 2 heterocycles. The predicted octanol–water partition coefficient (Wildman–Crippen LogP) is 4.63. The van der Waals surface area contributed by atoms with Crippen molar-refractivity contribution in [3.63, 3.8) is 0 Å². The highest BCUT2D eigenvalue weighted by molar-refractivity contribution is 6.04. The molecule has 0 saturated carbocycles. The number of anilines is 1. The number of hydrogen-bond donors (Lipinski definition) is 1. The molecule has 7 heteroatoms. The quantitative estimate of drug-likeness (QED) is 0.529. The van der Waals surface area contributed by atoms with E-state index in [-0.39, 0.29) is 5.91 Å². The van der Waals surface area contributed by atoms with Gasteiger partial charge in [-0.15, -0.1) is 0 Å². The van der Waals surface area contributed by atoms with Crippen molar-refractivity contribution in [3.8, 4) is 17.4 Å². The van der Waals surface area contributed by atoms with Gasteiger partial charge in [0.2, 0.25) is 5.88 Å². The largest absolute Gasteiger partial charge is 0.439 e. The molecular weight excluding hydrogens is 378 g/mol. The number of carbonyl (C=O) groups is 1. The number of benzene rings is 2. The van der Waals surface area contributed by atoms with E-state index in [1.165, 1.54) is 0 Å². The third-order valence-electron chi connectivity index (χ3n) is 4.64. The molecule has 0 aliphatic carbocycles. The lowest BCUT2D eigenvalue weighted by molar-refractivity contribution is 0.102. The summed E-state index contributed by atoms with van der Waals surface area (Å²) in [6.45, 7) is 5.81. The Morgan fingerprint density at radius 3 is 2.47 bits per heavy atom. The van der Waals surface area contributed by atoms with E-state index in [1.807, 2.05) is 38.1 Å². The average Bonchev–Trinajstić information content (AvgIpc) is 3.26. The fraction of sp³-hybridized carbons (Fsp3) is 0.130. The second-order valence-electron chi connectivity index (χ2n) is 6.94. The Labute approximate surface area is 174 Å². The number of amides is 1. The molecule has 7 nitrogen and oxygen atoms in total. The van der Waals surface area contributed by atoms with Crippen LogP contribution >= 0.6 is 0 Å². The van der Waals surface area contributed by atoms with E-state index in [0.717, 1.165) is 11.1 Å². The summed E-state index contributed by atoms with van der Waals surface area (Å²) < 4.78 is 7.51. The van der Waals surface area contributed by atoms with Gasteiger partial charge in [-0.05, 0) is 74.4 Å². The van der Waals surface area contributed by atoms with Crippen LogP contribution in [0.5, 0.6) is 11.6 Å². The highest BCUT2D eigenvalue weighted by atomic mass is 16.5. The van der Waals surface area contributed by atoms with Gasteiger partial charge in [0.05, 0.1) is 0 Å². The molecule has 2 aromatic heterocycles. The predicted molar refractivity (Wildman–Crippen MR) is 114 cm³/mol. The summed E-state index contributed by atoms with van der Waals surface area (Å²) in [6.07, 6.45) is 3.49. The van der Waals surface area contributed by atoms with E-state index in [0.29, 0.717) is 34.5 Å². The van der Waals surface area contributed by atoms with Crippen molar-refractivity contribution in [2.45, 2.75) is 20.8 Å². The summed E-state index contributed by atoms with van der Waals surface area (Å²) in [5.41, 5.74) is 3.55. The Morgan fingerprint density at radius 2 is 1.77 bits per heavy atom. The monoisotopic (exact) mass is 399 g/mol. The summed E-state index contributed by atoms with van der Waals surface area (Å²) in [5, 5.41) is 7.08. The van der Waals surface area contributed by atoms with Gasteiger partial charge in [-0.1, -0.05) is 6.07 Å². The molecule has 0 bridgehead atoms. The third-order valence-corrected chi connectivity index (χ3v) is 4.64. The number of rotatable bonds is 5. The normalized spacial score (nSPS) is 10.6. The van der Waals surface area contributed by atoms with Crippen molar-refractivity contribution in [3.05, 3.63) is 89.5 Å². The number of nitrogens with one attached hydrogen (secondary N) is 1. The van der Waals surface area contributed by atoms with Gasteiger partial charge in [-0.2, -0.15) is 10.1 Å². The molecule has 0 aliphatic rings. The molecular formula is C23H21N5O2. The van der Waals surface area contributed by atoms with E-state index in [9.17, 15) is 4.79 Å². The molecule has 1 N–H and O–H groups in total. The summed E-state index contributed by atoms with van der Waals surface area (Å²) in [5.74, 6) is 2.07. The highest BCUT2D eigenvalue weighted by Gasteiger charge is 2.09. The molecule has 0 atom stereocenters. The van der Waals surface area contributed by atoms with Crippen LogP contribution in [0.15, 0.2) is 67.0 Å². The lowest BCUT2D eigenvalue weighted by Crippen LogP contribution is -2.12. The van der Waals surface area contributed by atoms with Gasteiger partial charge in [-0.25, -0.2) is 9.67 Å². The maximum atomic E-state index is 12.5. The molecule has 0 unspecified atom stereocenters. The molecule has 0 spiro atoms. The Morgan fingerprint density at radius 1 is 0.967 bits per heavy atom. The van der Waals surface area contributed by atoms with Crippen LogP contribution < -0.4 is 10.1 Å². The Balaban J connectivity index is 1.46. The first-order valence-corrected chi connectivity index (χ1v) is 9.50. The minimum atomic E-state index is -0.151. The standard InChI is InChI=1S/C23H21N5O2/c1-15-5-6-18(13-16(15)2)23(29)27-19-7-9-20(10-8-19)30-22-14-21(25-17(3)26-22)28-12-4-11-24-28/h4-14H,1-3H3,(H,27,29). The van der Waals surface area contributed by atoms with Crippen LogP contribution in [0.4, 0.5) is 5.69 Å². The first-order chi connectivity index (χ1) is 14.5. The minimum absolute atomic E-state index is 0.151. The number of aryl methyl sites for hydroxylation is 3. The zero-order chi connectivity index (χ0) is 21.1. The summed E-state index contributed by atoms with van der Waals surface area (Å²) in [4.78, 5) is 21.2. The first kappa shape index (κ1) is 19.3. The van der Waals surface area contributed by atoms with Crippen LogP contribution in [0.25, 0.3) is 5.82 Å². The maximum absolute atomic E-state index is 12.5. The lowest BCUT2D eigenvalue weighted by atomic mass is 10.1. The first-order valence-electron chi connectivity index (χ1n) is 9.50. The van der Waals surface area contributed by atoms with E-state index >= 15 is 0 Å². The van der Waals surface area contributed by atoms with Gasteiger partial charge < -0.3 is 10.1 Å². The third kappa shape index (κ3) is 4.35. The van der Waals surface area contributed by atoms with Gasteiger partial charge in [0.1, 0.15) is 11.6 Å². The van der Waals surface area contributed by atoms with Gasteiger partial charge in [0, 0.05) is 29.7 Å². The molecule has 30 heavy (non-hydrogen) atoms. The van der Waals surface area contributed by atoms with Gasteiger partial charge in [-0.3, -0.25) is 4.79 Å². The van der Waals surface area contributed by atoms with Crippen LogP contribution in [-0.2, 0) is 0 Å². The van der Waals surface area contributed by atoms with Crippen molar-refractivity contribution in [1.29, 1.82) is 0 Å². The molecule has 150 valence electrons. The fourth-order valence-electron chi connectivity index (χ4n) is 2.91. The average molecular weight is 399 g/mol. The second-order valence-corrected chi connectivity index (χ2v) is 6.94. The molecule has 0 fully saturated rings. The van der Waals surface area contributed by atoms with E-state index in [1.54, 1.807) is 54.3 Å². The van der Waals surface area contributed by atoms with Crippen molar-refractivity contribution in [1.82, 2.24) is 19.7 Å². The second kappa shape index (κ2) is 8.16. The lowest BCUT2D eigenvalue weighted by Gasteiger charge is -2.10. The number of ether oxygens (including phenoxy) is 1. The van der Waals surface area contributed by atoms with E-state index < -0.39 is 0 Å². The molecule has 0 saturated heterocycles. The van der Waals surface area contributed by atoms with E-state index in [4.69, 9.17) is 4.74 Å². The number of aromatic nitrogens is 4. The number of carbonyl (C=O) groups excluding carboxylic acids is 1. The molecule has 0 radical (unpaired) electrons. The summed E-state index contributed by atoms with van der Waals surface area (Å²) in [6, 6.07) is 16.3. The number of hydrogen-bond acceptors (Lipinski definition) is 5. The molecule has 4 rings (SSSR count). The topological polar surface area (TPSA) is 81.9 Å². The highest BCUT2D eigenvalue weighted by Crippen LogP contribution is 2.23. The Kier molecular flexibility index (Phi) is 5.26. The number of nitrogens with zero attached hydrogens (tertiary/aromatic N) is 4. The molecule has 0 aliphatic heterocycles. The van der Waals surface area contributed by atoms with Crippen LogP contribution in [0, 0.1) is 20.8 Å². The Bertz CT molecular complexity index is 1180. The van der Waals surface area contributed by atoms with Crippen LogP contribution in [0.3, 0.4) is 0 Å². The van der Waals surface area contributed by atoms with Crippen molar-refractivity contribution in [2.24, 2.45) is 0 Å². The van der Waals surface area contributed by atoms with Gasteiger partial charge in [0.15, 0.2) is 5.82 Å². The van der Waals surface area contributed by atoms with Crippen LogP contribution in [0.2, 0.25) is 0 Å². The van der Waals surface area contributed by atoms with Crippen molar-refractivity contribution < 1.29 is 9.53 Å². The zero-order valence-corrected chi connectivity index (χ0v) is 17.0. The molecule has 1 amide bonds. The Hall–Kier alpha value is -4.00. The smallest absolute Gasteiger partial charge is 0.255 e. The summed E-state index contributed by atoms with van der Waals surface area (Å²) in [7, 11) is 0. The van der Waals surface area contributed by atoms with Crippen molar-refractivity contribution in [2.75, 3.05) is 5.32 Å². The fourth-order valence-corrected chi connectivity index (χ4v) is 2.91. The van der Waals surface area contributed by atoms with Crippen molar-refractivity contribution >= 4 is 11.6 Å². The molecule has 2 aromatic carbocycles.